The molecule has 0 unspecified atom stereocenters. The molecule has 2 aliphatic rings. The van der Waals surface area contributed by atoms with Gasteiger partial charge < -0.3 is 34.0 Å². The van der Waals surface area contributed by atoms with Crippen LogP contribution in [0.2, 0.25) is 0 Å². The molecule has 0 aromatic carbocycles. The first-order valence-electron chi connectivity index (χ1n) is 3.79. The molecule has 0 aromatic heterocycles. The number of allylic oxidation sites excluding steroid dienone is 8. The van der Waals surface area contributed by atoms with Gasteiger partial charge in [0.2, 0.25) is 0 Å². The fourth-order valence-electron chi connectivity index (χ4n) is 0.680. The van der Waals surface area contributed by atoms with Gasteiger partial charge in [0.25, 0.3) is 0 Å². The van der Waals surface area contributed by atoms with Crippen LogP contribution in [0.25, 0.3) is 0 Å². The standard InChI is InChI=1S/2C5H5.2BrH.Hf.H2Si/c2*1-2-4-5-3-1;;;;/h2*1-3H,4H2;2*1H;;1H2/q2*-1;;;+2;/p-2. The van der Waals surface area contributed by atoms with Gasteiger partial charge in [0, 0.05) is 0 Å². The Hall–Kier alpha value is 1.01. The van der Waals surface area contributed by atoms with Crippen molar-refractivity contribution in [2.45, 2.75) is 12.8 Å². The summed E-state index contributed by atoms with van der Waals surface area (Å²) in [5.41, 5.74) is 0. The van der Waals surface area contributed by atoms with E-state index in [0.29, 0.717) is 0 Å². The molecule has 0 spiro atoms. The molecule has 0 radical (unpaired) electrons. The van der Waals surface area contributed by atoms with Crippen molar-refractivity contribution in [2.75, 3.05) is 0 Å². The predicted octanol–water partition coefficient (Wildman–Crippen LogP) is -4.30. The second-order valence-electron chi connectivity index (χ2n) is 2.01. The van der Waals surface area contributed by atoms with Gasteiger partial charge in [0.05, 0.1) is 0 Å². The van der Waals surface area contributed by atoms with Crippen LogP contribution in [-0.2, 0) is 23.0 Å². The summed E-state index contributed by atoms with van der Waals surface area (Å²) in [6.45, 7) is 2.00. The zero-order valence-electron chi connectivity index (χ0n) is 7.84. The summed E-state index contributed by atoms with van der Waals surface area (Å²) < 4.78 is 0. The number of hydrogen-bond donors (Lipinski definition) is 0. The van der Waals surface area contributed by atoms with Crippen LogP contribution in [0.4, 0.5) is 0 Å². The summed E-state index contributed by atoms with van der Waals surface area (Å²) in [5, 5.41) is 0. The molecule has 14 heavy (non-hydrogen) atoms. The molecule has 4 heteroatoms. The van der Waals surface area contributed by atoms with Gasteiger partial charge >= 0.3 is 29.9 Å². The average Bonchev–Trinajstić information content (AvgIpc) is 2.87. The van der Waals surface area contributed by atoms with Crippen LogP contribution in [0.1, 0.15) is 12.8 Å². The molecule has 0 fully saturated rings. The molecule has 0 saturated carbocycles. The van der Waals surface area contributed by atoms with Gasteiger partial charge in [-0.05, 0) is 0 Å². The van der Waals surface area contributed by atoms with Crippen LogP contribution in [0.5, 0.6) is 0 Å². The number of halogens is 2. The van der Waals surface area contributed by atoms with Gasteiger partial charge in [-0.3, -0.25) is 12.2 Å². The van der Waals surface area contributed by atoms with Gasteiger partial charge in [-0.25, -0.2) is 24.3 Å². The van der Waals surface area contributed by atoms with E-state index in [1.165, 1.54) is 23.0 Å². The van der Waals surface area contributed by atoms with E-state index in [9.17, 15) is 0 Å². The molecule has 0 amide bonds. The molecule has 0 N–H and O–H groups in total. The molecule has 0 aliphatic heterocycles. The monoisotopic (exact) mass is 498 g/mol. The van der Waals surface area contributed by atoms with Crippen molar-refractivity contribution in [1.29, 1.82) is 0 Å². The van der Waals surface area contributed by atoms with Crippen LogP contribution in [-0.4, -0.2) is 6.94 Å². The Balaban J connectivity index is -0.000000131. The van der Waals surface area contributed by atoms with E-state index in [-0.39, 0.29) is 34.0 Å². The van der Waals surface area contributed by atoms with Gasteiger partial charge in [-0.15, -0.1) is 12.8 Å². The van der Waals surface area contributed by atoms with Crippen molar-refractivity contribution in [3.05, 3.63) is 48.6 Å². The third-order valence-corrected chi connectivity index (χ3v) is 1.17. The first-order chi connectivity index (χ1) is 6.00. The molecule has 0 aromatic rings. The summed E-state index contributed by atoms with van der Waals surface area (Å²) in [5.74, 6) is 0. The second kappa shape index (κ2) is 19.6. The molecule has 0 atom stereocenters. The summed E-state index contributed by atoms with van der Waals surface area (Å²) in [4.78, 5) is 0. The molecule has 0 nitrogen and oxygen atoms in total. The Bertz CT molecular complexity index is 168. The van der Waals surface area contributed by atoms with E-state index in [1.807, 2.05) is 31.2 Å². The summed E-state index contributed by atoms with van der Waals surface area (Å²) in [7, 11) is 0. The van der Waals surface area contributed by atoms with E-state index in [4.69, 9.17) is 0 Å². The van der Waals surface area contributed by atoms with Crippen LogP contribution < -0.4 is 34.0 Å². The van der Waals surface area contributed by atoms with Crippen molar-refractivity contribution in [1.82, 2.24) is 0 Å². The van der Waals surface area contributed by atoms with Gasteiger partial charge in [-0.2, -0.15) is 12.2 Å². The third kappa shape index (κ3) is 15.5. The van der Waals surface area contributed by atoms with Gasteiger partial charge in [0.15, 0.2) is 0 Å². The molecule has 0 heterocycles. The average molecular weight is 499 g/mol. The Kier molecular flexibility index (Phi) is 28.5. The van der Waals surface area contributed by atoms with Gasteiger partial charge in [0.1, 0.15) is 0 Å². The maximum atomic E-state index is 2.99. The summed E-state index contributed by atoms with van der Waals surface area (Å²) >= 11 is 1.33. The molecule has 76 valence electrons. The Morgan fingerprint density at radius 2 is 1.21 bits per heavy atom. The van der Waals surface area contributed by atoms with Crippen LogP contribution in [0.15, 0.2) is 36.5 Å². The molecular formula is C10H12Br2HfSi-2. The molecule has 2 aliphatic carbocycles. The first-order valence-corrected chi connectivity index (χ1v) is 12.1. The SMILES string of the molecule is [Br-].[Br-].[C-]1=CC=CC1.[C-]1=CC=CC1.[SiH2]=[Hf+2]. The third-order valence-electron chi connectivity index (χ3n) is 1.17. The molecule has 2 rings (SSSR count). The predicted molar refractivity (Wildman–Crippen MR) is 51.7 cm³/mol. The normalized spacial score (nSPS) is 13.0. The Labute approximate surface area is 124 Å². The van der Waals surface area contributed by atoms with E-state index in [2.05, 4.69) is 24.3 Å². The van der Waals surface area contributed by atoms with Gasteiger partial charge in [-0.1, -0.05) is 0 Å². The number of hydrogen-bond acceptors (Lipinski definition) is 0. The van der Waals surface area contributed by atoms with E-state index < -0.39 is 0 Å². The summed E-state index contributed by atoms with van der Waals surface area (Å²) in [6.07, 6.45) is 20.0. The minimum absolute atomic E-state index is 0. The van der Waals surface area contributed by atoms with E-state index in [1.54, 1.807) is 0 Å². The molecule has 0 bridgehead atoms. The second-order valence-corrected chi connectivity index (χ2v) is 2.01. The van der Waals surface area contributed by atoms with Crippen molar-refractivity contribution < 1.29 is 57.0 Å². The van der Waals surface area contributed by atoms with E-state index in [0.717, 1.165) is 12.8 Å². The molecule has 0 saturated heterocycles. The van der Waals surface area contributed by atoms with Crippen LogP contribution in [0, 0.1) is 12.2 Å². The zero-order valence-corrected chi connectivity index (χ0v) is 16.0. The Morgan fingerprint density at radius 3 is 1.29 bits per heavy atom. The van der Waals surface area contributed by atoms with Crippen LogP contribution >= 0.6 is 0 Å². The van der Waals surface area contributed by atoms with Crippen molar-refractivity contribution in [3.63, 3.8) is 0 Å². The van der Waals surface area contributed by atoms with E-state index >= 15 is 0 Å². The van der Waals surface area contributed by atoms with Crippen molar-refractivity contribution in [2.24, 2.45) is 0 Å². The number of rotatable bonds is 0. The maximum absolute atomic E-state index is 2.99. The Morgan fingerprint density at radius 1 is 0.857 bits per heavy atom. The quantitative estimate of drug-likeness (QED) is 0.234. The summed E-state index contributed by atoms with van der Waals surface area (Å²) in [6, 6.07) is 0. The fraction of sp³-hybridized carbons (Fsp3) is 0.200. The van der Waals surface area contributed by atoms with Crippen molar-refractivity contribution >= 4 is 6.94 Å². The minimum atomic E-state index is 0. The molecular weight excluding hydrogens is 486 g/mol. The fourth-order valence-corrected chi connectivity index (χ4v) is 0.680. The van der Waals surface area contributed by atoms with Crippen molar-refractivity contribution in [3.8, 4) is 0 Å². The topological polar surface area (TPSA) is 0 Å². The first kappa shape index (κ1) is 20.4. The zero-order chi connectivity index (χ0) is 9.07. The van der Waals surface area contributed by atoms with Crippen LogP contribution in [0.3, 0.4) is 0 Å².